The van der Waals surface area contributed by atoms with E-state index in [1.165, 1.54) is 30.5 Å². The number of nitrogens with zero attached hydrogens (tertiary/aromatic N) is 3. The third-order valence-electron chi connectivity index (χ3n) is 4.32. The highest BCUT2D eigenvalue weighted by Crippen LogP contribution is 2.18. The molecule has 0 bridgehead atoms. The van der Waals surface area contributed by atoms with Crippen LogP contribution in [0.25, 0.3) is 0 Å². The maximum atomic E-state index is 4.32. The Kier molecular flexibility index (Phi) is 4.68. The van der Waals surface area contributed by atoms with Gasteiger partial charge < -0.3 is 5.32 Å². The van der Waals surface area contributed by atoms with Crippen LogP contribution >= 0.6 is 0 Å². The number of nitrogens with one attached hydrogen (secondary N) is 1. The number of hydrogen-bond acceptors (Lipinski definition) is 4. The number of likely N-dealkylation sites (tertiary alicyclic amines) is 1. The maximum Gasteiger partial charge on any atom is 0.129 e. The number of hydrogen-bond donors (Lipinski definition) is 1. The van der Waals surface area contributed by atoms with Gasteiger partial charge in [-0.05, 0) is 44.4 Å². The van der Waals surface area contributed by atoms with Gasteiger partial charge in [-0.1, -0.05) is 24.3 Å². The fourth-order valence-electron chi connectivity index (χ4n) is 3.09. The first-order valence-electron chi connectivity index (χ1n) is 8.03. The molecule has 2 heterocycles. The lowest BCUT2D eigenvalue weighted by molar-refractivity contribution is 0.208. The molecule has 1 aliphatic rings. The van der Waals surface area contributed by atoms with Crippen molar-refractivity contribution < 1.29 is 0 Å². The van der Waals surface area contributed by atoms with Crippen LogP contribution in [-0.4, -0.2) is 34.0 Å². The van der Waals surface area contributed by atoms with Crippen LogP contribution in [0.4, 0.5) is 5.82 Å². The molecule has 0 amide bonds. The highest BCUT2D eigenvalue weighted by Gasteiger charge is 2.20. The molecule has 4 nitrogen and oxygen atoms in total. The summed E-state index contributed by atoms with van der Waals surface area (Å²) in [5, 5.41) is 3.56. The Morgan fingerprint density at radius 3 is 2.91 bits per heavy atom. The molecule has 1 aromatic heterocycles. The molecule has 0 radical (unpaired) electrons. The van der Waals surface area contributed by atoms with E-state index < -0.39 is 0 Å². The van der Waals surface area contributed by atoms with Crippen molar-refractivity contribution in [2.75, 3.05) is 18.4 Å². The quantitative estimate of drug-likeness (QED) is 0.941. The first-order valence-corrected chi connectivity index (χ1v) is 8.03. The van der Waals surface area contributed by atoms with Crippen LogP contribution in [0.1, 0.15) is 29.7 Å². The molecule has 1 fully saturated rings. The number of aromatic nitrogens is 2. The number of anilines is 1. The molecule has 3 rings (SSSR count). The van der Waals surface area contributed by atoms with Gasteiger partial charge in [-0.3, -0.25) is 4.90 Å². The zero-order valence-corrected chi connectivity index (χ0v) is 13.4. The van der Waals surface area contributed by atoms with Gasteiger partial charge in [0, 0.05) is 30.9 Å². The Morgan fingerprint density at radius 1 is 1.23 bits per heavy atom. The summed E-state index contributed by atoms with van der Waals surface area (Å²) >= 11 is 0. The minimum Gasteiger partial charge on any atom is -0.366 e. The Hall–Kier alpha value is -1.94. The smallest absolute Gasteiger partial charge is 0.129 e. The van der Waals surface area contributed by atoms with Crippen LogP contribution in [0.15, 0.2) is 36.7 Å². The molecule has 4 heteroatoms. The van der Waals surface area contributed by atoms with E-state index in [4.69, 9.17) is 0 Å². The average molecular weight is 296 g/mol. The van der Waals surface area contributed by atoms with E-state index in [0.717, 1.165) is 24.6 Å². The third kappa shape index (κ3) is 3.83. The minimum absolute atomic E-state index is 0.465. The minimum atomic E-state index is 0.465. The van der Waals surface area contributed by atoms with Gasteiger partial charge in [-0.15, -0.1) is 0 Å². The highest BCUT2D eigenvalue weighted by atomic mass is 15.2. The van der Waals surface area contributed by atoms with Crippen molar-refractivity contribution in [2.45, 2.75) is 39.3 Å². The summed E-state index contributed by atoms with van der Waals surface area (Å²) < 4.78 is 0. The number of piperidine rings is 1. The summed E-state index contributed by atoms with van der Waals surface area (Å²) in [5.74, 6) is 0.940. The third-order valence-corrected chi connectivity index (χ3v) is 4.32. The van der Waals surface area contributed by atoms with Crippen LogP contribution in [0, 0.1) is 13.8 Å². The first kappa shape index (κ1) is 15.0. The van der Waals surface area contributed by atoms with Crippen molar-refractivity contribution in [3.05, 3.63) is 53.5 Å². The van der Waals surface area contributed by atoms with Gasteiger partial charge in [0.05, 0.1) is 0 Å². The second kappa shape index (κ2) is 6.88. The zero-order chi connectivity index (χ0) is 15.4. The normalized spacial score (nSPS) is 19.1. The molecule has 116 valence electrons. The molecule has 1 N–H and O–H groups in total. The van der Waals surface area contributed by atoms with Crippen LogP contribution in [0.2, 0.25) is 0 Å². The molecule has 1 atom stereocenters. The standard InChI is InChI=1S/C18H24N4/c1-14-6-3-4-7-16(14)11-22-9-5-8-17(12-22)21-18-10-15(2)19-13-20-18/h3-4,6-7,10,13,17H,5,8-9,11-12H2,1-2H3,(H,19,20,21). The van der Waals surface area contributed by atoms with Gasteiger partial charge in [0.1, 0.15) is 12.1 Å². The van der Waals surface area contributed by atoms with Gasteiger partial charge in [0.15, 0.2) is 0 Å². The fourth-order valence-corrected chi connectivity index (χ4v) is 3.09. The molecular weight excluding hydrogens is 272 g/mol. The van der Waals surface area contributed by atoms with Gasteiger partial charge in [0.25, 0.3) is 0 Å². The number of rotatable bonds is 4. The first-order chi connectivity index (χ1) is 10.7. The molecule has 1 unspecified atom stereocenters. The zero-order valence-electron chi connectivity index (χ0n) is 13.4. The summed E-state index contributed by atoms with van der Waals surface area (Å²) in [4.78, 5) is 11.0. The van der Waals surface area contributed by atoms with Crippen molar-refractivity contribution in [2.24, 2.45) is 0 Å². The van der Waals surface area contributed by atoms with Crippen LogP contribution in [0.3, 0.4) is 0 Å². The molecule has 0 spiro atoms. The molecule has 22 heavy (non-hydrogen) atoms. The van der Waals surface area contributed by atoms with E-state index in [-0.39, 0.29) is 0 Å². The topological polar surface area (TPSA) is 41.0 Å². The lowest BCUT2D eigenvalue weighted by Crippen LogP contribution is -2.41. The van der Waals surface area contributed by atoms with Crippen LogP contribution in [-0.2, 0) is 6.54 Å². The molecule has 1 aromatic carbocycles. The molecule has 1 aliphatic heterocycles. The van der Waals surface area contributed by atoms with Gasteiger partial charge in [0.2, 0.25) is 0 Å². The van der Waals surface area contributed by atoms with E-state index in [1.807, 2.05) is 13.0 Å². The molecule has 1 saturated heterocycles. The van der Waals surface area contributed by atoms with Gasteiger partial charge in [-0.25, -0.2) is 9.97 Å². The van der Waals surface area contributed by atoms with Crippen molar-refractivity contribution in [3.63, 3.8) is 0 Å². The largest absolute Gasteiger partial charge is 0.366 e. The van der Waals surface area contributed by atoms with Crippen LogP contribution < -0.4 is 5.32 Å². The van der Waals surface area contributed by atoms with E-state index in [1.54, 1.807) is 6.33 Å². The lowest BCUT2D eigenvalue weighted by Gasteiger charge is -2.33. The van der Waals surface area contributed by atoms with Crippen molar-refractivity contribution in [1.82, 2.24) is 14.9 Å². The lowest BCUT2D eigenvalue weighted by atomic mass is 10.0. The Morgan fingerprint density at radius 2 is 2.09 bits per heavy atom. The molecule has 0 saturated carbocycles. The van der Waals surface area contributed by atoms with Crippen molar-refractivity contribution in [3.8, 4) is 0 Å². The van der Waals surface area contributed by atoms with E-state index >= 15 is 0 Å². The van der Waals surface area contributed by atoms with Crippen LogP contribution in [0.5, 0.6) is 0 Å². The summed E-state index contributed by atoms with van der Waals surface area (Å²) in [6.45, 7) is 7.47. The monoisotopic (exact) mass is 296 g/mol. The number of benzene rings is 1. The van der Waals surface area contributed by atoms with E-state index in [0.29, 0.717) is 6.04 Å². The van der Waals surface area contributed by atoms with E-state index in [9.17, 15) is 0 Å². The summed E-state index contributed by atoms with van der Waals surface area (Å²) in [7, 11) is 0. The maximum absolute atomic E-state index is 4.32. The predicted octanol–water partition coefficient (Wildman–Crippen LogP) is 3.17. The highest BCUT2D eigenvalue weighted by molar-refractivity contribution is 5.36. The Bertz CT molecular complexity index is 626. The second-order valence-corrected chi connectivity index (χ2v) is 6.19. The summed E-state index contributed by atoms with van der Waals surface area (Å²) in [6.07, 6.45) is 4.06. The summed E-state index contributed by atoms with van der Waals surface area (Å²) in [6, 6.07) is 11.1. The molecule has 2 aromatic rings. The second-order valence-electron chi connectivity index (χ2n) is 6.19. The molecule has 0 aliphatic carbocycles. The van der Waals surface area contributed by atoms with Crippen molar-refractivity contribution >= 4 is 5.82 Å². The van der Waals surface area contributed by atoms with E-state index in [2.05, 4.69) is 51.4 Å². The van der Waals surface area contributed by atoms with Crippen molar-refractivity contribution in [1.29, 1.82) is 0 Å². The fraction of sp³-hybridized carbons (Fsp3) is 0.444. The molecular formula is C18H24N4. The Balaban J connectivity index is 1.61. The number of aryl methyl sites for hydroxylation is 2. The Labute approximate surface area is 132 Å². The van der Waals surface area contributed by atoms with Gasteiger partial charge in [-0.2, -0.15) is 0 Å². The van der Waals surface area contributed by atoms with Gasteiger partial charge >= 0.3 is 0 Å². The predicted molar refractivity (Wildman–Crippen MR) is 89.9 cm³/mol. The SMILES string of the molecule is Cc1cc(NC2CCCN(Cc3ccccc3C)C2)ncn1. The summed E-state index contributed by atoms with van der Waals surface area (Å²) in [5.41, 5.74) is 3.81. The average Bonchev–Trinajstić information content (AvgIpc) is 2.50.